The lowest BCUT2D eigenvalue weighted by molar-refractivity contribution is 0.751. The first kappa shape index (κ1) is 15.1. The maximum Gasteiger partial charge on any atom is 0.170 e. The van der Waals surface area contributed by atoms with Crippen molar-refractivity contribution in [3.8, 4) is 0 Å². The molecule has 0 atom stereocenters. The summed E-state index contributed by atoms with van der Waals surface area (Å²) in [5, 5.41) is 37.2. The summed E-state index contributed by atoms with van der Waals surface area (Å²) in [6.07, 6.45) is 0.967. The van der Waals surface area contributed by atoms with Crippen LogP contribution in [0.4, 0.5) is 0 Å². The molecule has 0 aliphatic heterocycles. The number of hydrogen-bond acceptors (Lipinski definition) is 10. The summed E-state index contributed by atoms with van der Waals surface area (Å²) < 4.78 is 6.82. The van der Waals surface area contributed by atoms with Gasteiger partial charge in [0.15, 0.2) is 26.7 Å². The van der Waals surface area contributed by atoms with Crippen LogP contribution < -0.4 is 0 Å². The molecule has 0 heterocycles. The Hall–Kier alpha value is -2.00. The minimum atomic E-state index is 0.125. The minimum absolute atomic E-state index is 0.125. The molecule has 19 heavy (non-hydrogen) atoms. The van der Waals surface area contributed by atoms with E-state index in [9.17, 15) is 0 Å². The molecule has 0 aromatic heterocycles. The van der Waals surface area contributed by atoms with Crippen molar-refractivity contribution < 1.29 is 1.37 Å². The van der Waals surface area contributed by atoms with Gasteiger partial charge in [-0.3, -0.25) is 0 Å². The third-order valence-electron chi connectivity index (χ3n) is 1.43. The summed E-state index contributed by atoms with van der Waals surface area (Å²) in [6.45, 7) is 3.99. The largest absolute Gasteiger partial charge is 0.193 e. The third kappa shape index (κ3) is 16.0. The van der Waals surface area contributed by atoms with Crippen LogP contribution in [0.3, 0.4) is 0 Å². The second kappa shape index (κ2) is 16.0. The van der Waals surface area contributed by atoms with Crippen molar-refractivity contribution >= 4 is 0 Å². The zero-order valence-electron chi connectivity index (χ0n) is 12.1. The van der Waals surface area contributed by atoms with Crippen molar-refractivity contribution in [1.82, 2.24) is 0 Å². The maximum absolute atomic E-state index is 6.82. The summed E-state index contributed by atoms with van der Waals surface area (Å²) in [6, 6.07) is 0. The molecule has 10 heteroatoms. The number of rotatable bonds is 11. The Morgan fingerprint density at radius 1 is 0.632 bits per heavy atom. The Kier molecular flexibility index (Phi) is 12.7. The van der Waals surface area contributed by atoms with Gasteiger partial charge in [0.05, 0.1) is 13.1 Å². The fourth-order valence-electron chi connectivity index (χ4n) is 0.712. The predicted molar refractivity (Wildman–Crippen MR) is 69.4 cm³/mol. The number of hydrogen-bond donors (Lipinski definition) is 0. The fraction of sp³-hybridized carbons (Fsp3) is 1.00. The lowest BCUT2D eigenvalue weighted by Gasteiger charge is -1.85. The smallest absolute Gasteiger partial charge is 0.170 e. The molecule has 0 radical (unpaired) electrons. The van der Waals surface area contributed by atoms with Crippen molar-refractivity contribution in [2.24, 2.45) is 51.1 Å². The Balaban J connectivity index is 3.43. The highest BCUT2D eigenvalue weighted by atomic mass is 15.3. The van der Waals surface area contributed by atoms with Gasteiger partial charge in [-0.25, -0.2) is 0 Å². The van der Waals surface area contributed by atoms with Gasteiger partial charge in [-0.05, 0) is 13.3 Å². The van der Waals surface area contributed by atoms with Gasteiger partial charge in [0, 0.05) is 1.37 Å². The standard InChI is InChI=1S/C9H20N10/c1-3-5-11-13-7-15-17-9-19-18-8-16-14-6-12-10-4-2/h3-9H2,1-2H3/i2T. The third-order valence-corrected chi connectivity index (χ3v) is 1.43. The molecule has 0 aromatic rings. The molecule has 0 aliphatic carbocycles. The first-order chi connectivity index (χ1) is 9.91. The molecule has 0 saturated carbocycles. The summed E-state index contributed by atoms with van der Waals surface area (Å²) in [5.74, 6) is 0. The highest BCUT2D eigenvalue weighted by molar-refractivity contribution is 4.37. The van der Waals surface area contributed by atoms with Crippen LogP contribution in [0.2, 0.25) is 0 Å². The number of azo groups is 5. The van der Waals surface area contributed by atoms with Crippen LogP contribution in [0.15, 0.2) is 51.1 Å². The van der Waals surface area contributed by atoms with Crippen molar-refractivity contribution in [2.45, 2.75) is 20.2 Å². The highest BCUT2D eigenvalue weighted by Crippen LogP contribution is 1.86. The lowest BCUT2D eigenvalue weighted by Crippen LogP contribution is -1.77. The van der Waals surface area contributed by atoms with Crippen LogP contribution in [0, 0.1) is 0 Å². The summed E-state index contributed by atoms with van der Waals surface area (Å²) in [7, 11) is 0. The summed E-state index contributed by atoms with van der Waals surface area (Å²) >= 11 is 0. The predicted octanol–water partition coefficient (Wildman–Crippen LogP) is 3.51. The van der Waals surface area contributed by atoms with Gasteiger partial charge in [-0.15, -0.1) is 0 Å². The molecule has 0 saturated heterocycles. The Morgan fingerprint density at radius 3 is 1.47 bits per heavy atom. The van der Waals surface area contributed by atoms with E-state index in [1.807, 2.05) is 6.92 Å². The topological polar surface area (TPSA) is 124 Å². The van der Waals surface area contributed by atoms with Crippen LogP contribution in [0.1, 0.15) is 21.6 Å². The molecule has 0 fully saturated rings. The van der Waals surface area contributed by atoms with Crippen LogP contribution in [0.5, 0.6) is 0 Å². The summed E-state index contributed by atoms with van der Waals surface area (Å²) in [5.41, 5.74) is 0. The van der Waals surface area contributed by atoms with Crippen molar-refractivity contribution in [3.63, 3.8) is 0 Å². The van der Waals surface area contributed by atoms with Gasteiger partial charge in [0.25, 0.3) is 0 Å². The highest BCUT2D eigenvalue weighted by Gasteiger charge is 1.78. The molecule has 0 amide bonds. The van der Waals surface area contributed by atoms with E-state index in [-0.39, 0.29) is 33.6 Å². The van der Waals surface area contributed by atoms with Crippen molar-refractivity contribution in [3.05, 3.63) is 0 Å². The second-order valence-electron chi connectivity index (χ2n) is 2.93. The van der Waals surface area contributed by atoms with Crippen LogP contribution >= 0.6 is 0 Å². The van der Waals surface area contributed by atoms with Crippen molar-refractivity contribution in [2.75, 3.05) is 39.8 Å². The fourth-order valence-corrected chi connectivity index (χ4v) is 0.712. The Bertz CT molecular complexity index is 306. The van der Waals surface area contributed by atoms with E-state index in [0.29, 0.717) is 13.1 Å². The molecule has 10 nitrogen and oxygen atoms in total. The monoisotopic (exact) mass is 270 g/mol. The quantitative estimate of drug-likeness (QED) is 0.510. The van der Waals surface area contributed by atoms with E-state index in [4.69, 9.17) is 1.37 Å². The van der Waals surface area contributed by atoms with Crippen LogP contribution in [-0.4, -0.2) is 39.8 Å². The molecule has 0 N–H and O–H groups in total. The maximum atomic E-state index is 6.82. The second-order valence-corrected chi connectivity index (χ2v) is 2.93. The molecule has 0 aromatic carbocycles. The van der Waals surface area contributed by atoms with E-state index < -0.39 is 0 Å². The molecule has 0 spiro atoms. The zero-order valence-corrected chi connectivity index (χ0v) is 11.1. The van der Waals surface area contributed by atoms with Gasteiger partial charge < -0.3 is 0 Å². The van der Waals surface area contributed by atoms with Crippen LogP contribution in [0.25, 0.3) is 0 Å². The SMILES string of the molecule is [3H]CCN=NCN=NCN=NCN=NCN=NCCC. The van der Waals surface area contributed by atoms with Gasteiger partial charge >= 0.3 is 0 Å². The van der Waals surface area contributed by atoms with Crippen LogP contribution in [-0.2, 0) is 0 Å². The van der Waals surface area contributed by atoms with Crippen molar-refractivity contribution in [1.29, 1.82) is 0 Å². The summed E-state index contributed by atoms with van der Waals surface area (Å²) in [4.78, 5) is 0. The van der Waals surface area contributed by atoms with Gasteiger partial charge in [-0.2, -0.15) is 51.1 Å². The number of nitrogens with zero attached hydrogens (tertiary/aromatic N) is 10. The van der Waals surface area contributed by atoms with Gasteiger partial charge in [0.2, 0.25) is 0 Å². The molecular weight excluding hydrogens is 248 g/mol. The van der Waals surface area contributed by atoms with E-state index >= 15 is 0 Å². The molecular formula is C9H20N10. The van der Waals surface area contributed by atoms with Gasteiger partial charge in [-0.1, -0.05) is 6.92 Å². The Morgan fingerprint density at radius 2 is 1.05 bits per heavy atom. The molecule has 0 bridgehead atoms. The lowest BCUT2D eigenvalue weighted by atomic mass is 10.5. The van der Waals surface area contributed by atoms with E-state index in [1.165, 1.54) is 0 Å². The molecule has 0 aliphatic rings. The van der Waals surface area contributed by atoms with E-state index in [1.54, 1.807) is 0 Å². The van der Waals surface area contributed by atoms with E-state index in [0.717, 1.165) is 6.42 Å². The average molecular weight is 270 g/mol. The van der Waals surface area contributed by atoms with E-state index in [2.05, 4.69) is 51.1 Å². The normalized spacial score (nSPS) is 13.8. The zero-order chi connectivity index (χ0) is 14.7. The average Bonchev–Trinajstić information content (AvgIpc) is 2.47. The first-order valence-electron chi connectivity index (χ1n) is 6.58. The van der Waals surface area contributed by atoms with Gasteiger partial charge in [0.1, 0.15) is 0 Å². The first-order valence-corrected chi connectivity index (χ1v) is 5.87. The molecule has 0 unspecified atom stereocenters. The molecule has 106 valence electrons. The Labute approximate surface area is 113 Å². The minimum Gasteiger partial charge on any atom is -0.193 e. The molecule has 0 rings (SSSR count).